The fraction of sp³-hybridized carbons (Fsp3) is 0.364. The summed E-state index contributed by atoms with van der Waals surface area (Å²) in [6.45, 7) is 1.47. The fourth-order valence-corrected chi connectivity index (χ4v) is 2.33. The Kier molecular flexibility index (Phi) is 3.09. The number of fused-ring (bicyclic) bond motifs is 1. The number of hydrogen-bond donors (Lipinski definition) is 3. The Bertz CT molecular complexity index is 447. The molecule has 0 unspecified atom stereocenters. The van der Waals surface area contributed by atoms with Gasteiger partial charge in [-0.05, 0) is 19.1 Å². The van der Waals surface area contributed by atoms with Crippen molar-refractivity contribution in [2.45, 2.75) is 12.5 Å². The van der Waals surface area contributed by atoms with Gasteiger partial charge < -0.3 is 15.5 Å². The molecular formula is C11H14N2O2S. The molecule has 16 heavy (non-hydrogen) atoms. The largest absolute Gasteiger partial charge is 0.394 e. The Hall–Kier alpha value is -1.17. The van der Waals surface area contributed by atoms with Gasteiger partial charge in [-0.25, -0.2) is 4.98 Å². The van der Waals surface area contributed by atoms with Crippen molar-refractivity contribution in [3.63, 3.8) is 0 Å². The minimum atomic E-state index is -0.728. The number of thiazole rings is 1. The van der Waals surface area contributed by atoms with E-state index in [4.69, 9.17) is 0 Å². The van der Waals surface area contributed by atoms with Crippen LogP contribution in [0.1, 0.15) is 6.92 Å². The summed E-state index contributed by atoms with van der Waals surface area (Å²) in [5.41, 5.74) is 0.196. The van der Waals surface area contributed by atoms with Gasteiger partial charge in [0, 0.05) is 0 Å². The minimum absolute atomic E-state index is 0.139. The first-order chi connectivity index (χ1) is 7.67. The number of aliphatic hydroxyl groups is 2. The van der Waals surface area contributed by atoms with E-state index in [-0.39, 0.29) is 13.2 Å². The van der Waals surface area contributed by atoms with Crippen molar-refractivity contribution in [1.82, 2.24) is 4.98 Å². The molecule has 0 spiro atoms. The Labute approximate surface area is 97.6 Å². The Morgan fingerprint density at radius 2 is 2.00 bits per heavy atom. The van der Waals surface area contributed by atoms with Gasteiger partial charge in [-0.2, -0.15) is 0 Å². The lowest BCUT2D eigenvalue weighted by molar-refractivity contribution is 0.147. The molecule has 0 radical (unpaired) electrons. The molecule has 0 atom stereocenters. The monoisotopic (exact) mass is 238 g/mol. The summed E-state index contributed by atoms with van der Waals surface area (Å²) in [4.78, 5) is 4.38. The standard InChI is InChI=1S/C11H14N2O2S/c1-11(6-14,7-15)13-10-12-8-4-2-3-5-9(8)16-10/h2-5,14-15H,6-7H2,1H3,(H,12,13). The van der Waals surface area contributed by atoms with Gasteiger partial charge in [0.2, 0.25) is 0 Å². The quantitative estimate of drug-likeness (QED) is 0.754. The van der Waals surface area contributed by atoms with E-state index < -0.39 is 5.54 Å². The summed E-state index contributed by atoms with van der Waals surface area (Å²) < 4.78 is 1.09. The molecule has 0 amide bonds. The van der Waals surface area contributed by atoms with E-state index in [2.05, 4.69) is 10.3 Å². The molecule has 1 aromatic heterocycles. The maximum absolute atomic E-state index is 9.18. The van der Waals surface area contributed by atoms with Gasteiger partial charge in [-0.15, -0.1) is 0 Å². The Balaban J connectivity index is 2.27. The number of nitrogens with one attached hydrogen (secondary N) is 1. The molecule has 0 saturated carbocycles. The fourth-order valence-electron chi connectivity index (χ4n) is 1.31. The first-order valence-electron chi connectivity index (χ1n) is 5.02. The highest BCUT2D eigenvalue weighted by Crippen LogP contribution is 2.27. The average molecular weight is 238 g/mol. The van der Waals surface area contributed by atoms with Crippen LogP contribution in [0.25, 0.3) is 10.2 Å². The van der Waals surface area contributed by atoms with E-state index in [1.54, 1.807) is 6.92 Å². The maximum atomic E-state index is 9.18. The Morgan fingerprint density at radius 3 is 2.62 bits per heavy atom. The van der Waals surface area contributed by atoms with Crippen molar-refractivity contribution in [3.8, 4) is 0 Å². The molecule has 0 fully saturated rings. The molecule has 5 heteroatoms. The molecule has 1 aromatic carbocycles. The normalized spacial score (nSPS) is 11.9. The predicted molar refractivity (Wildman–Crippen MR) is 65.8 cm³/mol. The van der Waals surface area contributed by atoms with Crippen LogP contribution in [-0.4, -0.2) is 33.9 Å². The first kappa shape index (κ1) is 11.3. The van der Waals surface area contributed by atoms with Gasteiger partial charge in [0.15, 0.2) is 5.13 Å². The number of hydrogen-bond acceptors (Lipinski definition) is 5. The van der Waals surface area contributed by atoms with Crippen molar-refractivity contribution in [3.05, 3.63) is 24.3 Å². The van der Waals surface area contributed by atoms with Crippen molar-refractivity contribution in [2.75, 3.05) is 18.5 Å². The second-order valence-electron chi connectivity index (χ2n) is 3.99. The van der Waals surface area contributed by atoms with Crippen LogP contribution in [-0.2, 0) is 0 Å². The number of para-hydroxylation sites is 1. The lowest BCUT2D eigenvalue weighted by atomic mass is 10.1. The topological polar surface area (TPSA) is 65.4 Å². The lowest BCUT2D eigenvalue weighted by Gasteiger charge is -2.25. The number of benzene rings is 1. The molecule has 0 aliphatic heterocycles. The zero-order chi connectivity index (χ0) is 11.6. The molecule has 1 heterocycles. The first-order valence-corrected chi connectivity index (χ1v) is 5.84. The van der Waals surface area contributed by atoms with Crippen LogP contribution in [0, 0.1) is 0 Å². The molecular weight excluding hydrogens is 224 g/mol. The molecule has 86 valence electrons. The maximum Gasteiger partial charge on any atom is 0.184 e. The number of aliphatic hydroxyl groups excluding tert-OH is 2. The summed E-state index contributed by atoms with van der Waals surface area (Å²) in [6, 6.07) is 7.82. The number of nitrogens with zero attached hydrogens (tertiary/aromatic N) is 1. The van der Waals surface area contributed by atoms with E-state index >= 15 is 0 Å². The molecule has 0 saturated heterocycles. The van der Waals surface area contributed by atoms with Crippen LogP contribution >= 0.6 is 11.3 Å². The van der Waals surface area contributed by atoms with Gasteiger partial charge in [-0.3, -0.25) is 0 Å². The third kappa shape index (κ3) is 2.16. The summed E-state index contributed by atoms with van der Waals surface area (Å²) in [5.74, 6) is 0. The van der Waals surface area contributed by atoms with Gasteiger partial charge in [0.25, 0.3) is 0 Å². The van der Waals surface area contributed by atoms with Gasteiger partial charge >= 0.3 is 0 Å². The predicted octanol–water partition coefficient (Wildman–Crippen LogP) is 1.45. The average Bonchev–Trinajstić information content (AvgIpc) is 2.70. The van der Waals surface area contributed by atoms with Crippen LogP contribution in [0.5, 0.6) is 0 Å². The van der Waals surface area contributed by atoms with E-state index in [0.717, 1.165) is 10.2 Å². The molecule has 0 bridgehead atoms. The van der Waals surface area contributed by atoms with Crippen LogP contribution in [0.4, 0.5) is 5.13 Å². The van der Waals surface area contributed by atoms with E-state index in [1.165, 1.54) is 11.3 Å². The molecule has 0 aliphatic carbocycles. The molecule has 4 nitrogen and oxygen atoms in total. The highest BCUT2D eigenvalue weighted by atomic mass is 32.1. The number of anilines is 1. The van der Waals surface area contributed by atoms with Crippen molar-refractivity contribution < 1.29 is 10.2 Å². The summed E-state index contributed by atoms with van der Waals surface area (Å²) >= 11 is 1.51. The van der Waals surface area contributed by atoms with E-state index in [0.29, 0.717) is 5.13 Å². The second-order valence-corrected chi connectivity index (χ2v) is 5.02. The smallest absolute Gasteiger partial charge is 0.184 e. The molecule has 2 aromatic rings. The third-order valence-corrected chi connectivity index (χ3v) is 3.35. The van der Waals surface area contributed by atoms with Crippen LogP contribution in [0.2, 0.25) is 0 Å². The number of aromatic nitrogens is 1. The van der Waals surface area contributed by atoms with Crippen molar-refractivity contribution >= 4 is 26.7 Å². The van der Waals surface area contributed by atoms with E-state index in [1.807, 2.05) is 24.3 Å². The van der Waals surface area contributed by atoms with Crippen LogP contribution in [0.15, 0.2) is 24.3 Å². The highest BCUT2D eigenvalue weighted by molar-refractivity contribution is 7.22. The zero-order valence-electron chi connectivity index (χ0n) is 8.97. The molecule has 0 aliphatic rings. The van der Waals surface area contributed by atoms with Crippen molar-refractivity contribution in [2.24, 2.45) is 0 Å². The second kappa shape index (κ2) is 4.37. The van der Waals surface area contributed by atoms with E-state index in [9.17, 15) is 10.2 Å². The highest BCUT2D eigenvalue weighted by Gasteiger charge is 2.23. The summed E-state index contributed by atoms with van der Waals surface area (Å²) in [7, 11) is 0. The van der Waals surface area contributed by atoms with Gasteiger partial charge in [-0.1, -0.05) is 23.5 Å². The zero-order valence-corrected chi connectivity index (χ0v) is 9.79. The number of rotatable bonds is 4. The molecule has 2 rings (SSSR count). The van der Waals surface area contributed by atoms with Crippen LogP contribution in [0.3, 0.4) is 0 Å². The van der Waals surface area contributed by atoms with Crippen molar-refractivity contribution in [1.29, 1.82) is 0 Å². The molecule has 3 N–H and O–H groups in total. The Morgan fingerprint density at radius 1 is 1.31 bits per heavy atom. The lowest BCUT2D eigenvalue weighted by Crippen LogP contribution is -2.42. The van der Waals surface area contributed by atoms with Crippen LogP contribution < -0.4 is 5.32 Å². The third-order valence-electron chi connectivity index (χ3n) is 2.40. The minimum Gasteiger partial charge on any atom is -0.394 e. The van der Waals surface area contributed by atoms with Gasteiger partial charge in [0.1, 0.15) is 0 Å². The summed E-state index contributed by atoms with van der Waals surface area (Å²) in [6.07, 6.45) is 0. The summed E-state index contributed by atoms with van der Waals surface area (Å²) in [5, 5.41) is 22.1. The SMILES string of the molecule is CC(CO)(CO)Nc1nc2ccccc2s1. The van der Waals surface area contributed by atoms with Gasteiger partial charge in [0.05, 0.1) is 29.0 Å².